The Bertz CT molecular complexity index is 1360. The summed E-state index contributed by atoms with van der Waals surface area (Å²) in [5.74, 6) is 2.82. The van der Waals surface area contributed by atoms with E-state index in [0.717, 1.165) is 55.1 Å². The van der Waals surface area contributed by atoms with Crippen LogP contribution in [0.4, 0.5) is 0 Å². The predicted octanol–water partition coefficient (Wildman–Crippen LogP) is 9.34. The zero-order chi connectivity index (χ0) is 30.9. The molecule has 0 aromatic heterocycles. The molecule has 0 spiro atoms. The van der Waals surface area contributed by atoms with Gasteiger partial charge in [0.15, 0.2) is 0 Å². The van der Waals surface area contributed by atoms with Crippen LogP contribution in [0.1, 0.15) is 69.1 Å². The molecule has 1 fully saturated rings. The molecule has 0 bridgehead atoms. The van der Waals surface area contributed by atoms with Crippen LogP contribution in [0.3, 0.4) is 0 Å². The summed E-state index contributed by atoms with van der Waals surface area (Å²) in [6, 6.07) is 30.0. The largest absolute Gasteiger partial charge is 0.348 e. The van der Waals surface area contributed by atoms with Crippen LogP contribution in [0, 0.1) is 17.2 Å². The van der Waals surface area contributed by atoms with E-state index in [0.29, 0.717) is 23.3 Å². The van der Waals surface area contributed by atoms with E-state index in [1.165, 1.54) is 24.0 Å². The fourth-order valence-electron chi connectivity index (χ4n) is 5.63. The summed E-state index contributed by atoms with van der Waals surface area (Å²) in [6.45, 7) is 9.40. The van der Waals surface area contributed by atoms with Gasteiger partial charge in [-0.1, -0.05) is 85.0 Å². The topological polar surface area (TPSA) is 51.4 Å². The van der Waals surface area contributed by atoms with Crippen LogP contribution in [-0.2, 0) is 6.54 Å². The number of aliphatic imine (C=N–C) groups is 1. The number of rotatable bonds is 10. The lowest BCUT2D eigenvalue weighted by molar-refractivity contribution is 0.159. The minimum absolute atomic E-state index is 0.484. The standard InChI is InChI=1S/C34H40N4.C4H7Cl/c1-4-26(2)37-34(36-3)18-17-33(31-19-21-38(22-20-31)25-27-9-6-5-7-10-27)30-15-13-29(14-16-30)32-12-8-11-28(23-32)24-35;1-2-3-4-5/h4-16,23,31,33H,17-22,25H2,1-3H3,(H,36,37);2-3H,4H2,1H3/b26-4+;3-2+. The molecular weight excluding hydrogens is 548 g/mol. The van der Waals surface area contributed by atoms with Crippen molar-refractivity contribution < 1.29 is 0 Å². The minimum Gasteiger partial charge on any atom is -0.348 e. The highest BCUT2D eigenvalue weighted by Crippen LogP contribution is 2.37. The lowest BCUT2D eigenvalue weighted by Gasteiger charge is -2.36. The molecule has 0 amide bonds. The van der Waals surface area contributed by atoms with Gasteiger partial charge in [-0.25, -0.2) is 0 Å². The first-order valence-corrected chi connectivity index (χ1v) is 15.9. The normalized spacial score (nSPS) is 15.4. The maximum atomic E-state index is 9.29. The quantitative estimate of drug-likeness (QED) is 0.110. The van der Waals surface area contributed by atoms with Crippen LogP contribution in [0.25, 0.3) is 11.1 Å². The van der Waals surface area contributed by atoms with E-state index in [2.05, 4.69) is 102 Å². The molecule has 1 heterocycles. The van der Waals surface area contributed by atoms with E-state index in [1.54, 1.807) is 0 Å². The third kappa shape index (κ3) is 11.2. The van der Waals surface area contributed by atoms with Crippen molar-refractivity contribution in [1.29, 1.82) is 5.26 Å². The summed E-state index contributed by atoms with van der Waals surface area (Å²) < 4.78 is 0. The fourth-order valence-corrected chi connectivity index (χ4v) is 5.81. The zero-order valence-corrected chi connectivity index (χ0v) is 27.0. The number of amidine groups is 1. The lowest BCUT2D eigenvalue weighted by Crippen LogP contribution is -2.35. The molecule has 0 saturated carbocycles. The summed E-state index contributed by atoms with van der Waals surface area (Å²) in [5, 5.41) is 12.8. The zero-order valence-electron chi connectivity index (χ0n) is 26.3. The molecule has 1 aliphatic rings. The Morgan fingerprint density at radius 1 is 1.02 bits per heavy atom. The highest BCUT2D eigenvalue weighted by molar-refractivity contribution is 6.18. The van der Waals surface area contributed by atoms with Crippen molar-refractivity contribution >= 4 is 17.4 Å². The maximum absolute atomic E-state index is 9.29. The third-order valence-corrected chi connectivity index (χ3v) is 8.35. The number of nitriles is 1. The summed E-state index contributed by atoms with van der Waals surface area (Å²) in [6.07, 6.45) is 10.3. The van der Waals surface area contributed by atoms with E-state index in [9.17, 15) is 5.26 Å². The smallest absolute Gasteiger partial charge is 0.100 e. The number of likely N-dealkylation sites (tertiary alicyclic amines) is 1. The number of halogens is 1. The number of piperidine rings is 1. The number of nitrogens with zero attached hydrogens (tertiary/aromatic N) is 3. The fraction of sp³-hybridized carbons (Fsp3) is 0.368. The Hall–Kier alpha value is -3.65. The second-order valence-electron chi connectivity index (χ2n) is 11.0. The van der Waals surface area contributed by atoms with Crippen molar-refractivity contribution in [3.8, 4) is 17.2 Å². The summed E-state index contributed by atoms with van der Waals surface area (Å²) in [5.41, 5.74) is 6.89. The van der Waals surface area contributed by atoms with Crippen molar-refractivity contribution in [1.82, 2.24) is 10.2 Å². The monoisotopic (exact) mass is 594 g/mol. The van der Waals surface area contributed by atoms with Crippen molar-refractivity contribution in [2.24, 2.45) is 10.9 Å². The molecule has 0 radical (unpaired) electrons. The molecule has 1 N–H and O–H groups in total. The average molecular weight is 595 g/mol. The van der Waals surface area contributed by atoms with E-state index in [-0.39, 0.29) is 0 Å². The van der Waals surface area contributed by atoms with Gasteiger partial charge in [0, 0.05) is 31.6 Å². The van der Waals surface area contributed by atoms with Gasteiger partial charge in [-0.3, -0.25) is 9.89 Å². The van der Waals surface area contributed by atoms with Gasteiger partial charge in [-0.15, -0.1) is 11.6 Å². The molecule has 1 unspecified atom stereocenters. The summed E-state index contributed by atoms with van der Waals surface area (Å²) in [7, 11) is 1.88. The van der Waals surface area contributed by atoms with E-state index in [4.69, 9.17) is 11.6 Å². The van der Waals surface area contributed by atoms with Crippen molar-refractivity contribution in [3.63, 3.8) is 0 Å². The molecule has 1 atom stereocenters. The van der Waals surface area contributed by atoms with Crippen LogP contribution in [-0.4, -0.2) is 36.8 Å². The summed E-state index contributed by atoms with van der Waals surface area (Å²) >= 11 is 5.21. The maximum Gasteiger partial charge on any atom is 0.100 e. The van der Waals surface area contributed by atoms with Gasteiger partial charge in [-0.05, 0) is 99.3 Å². The van der Waals surface area contributed by atoms with Crippen LogP contribution in [0.5, 0.6) is 0 Å². The van der Waals surface area contributed by atoms with Crippen LogP contribution in [0.15, 0.2) is 108 Å². The van der Waals surface area contributed by atoms with Crippen LogP contribution >= 0.6 is 11.6 Å². The molecule has 226 valence electrons. The second-order valence-corrected chi connectivity index (χ2v) is 11.4. The third-order valence-electron chi connectivity index (χ3n) is 8.18. The second kappa shape index (κ2) is 18.8. The molecule has 43 heavy (non-hydrogen) atoms. The number of allylic oxidation sites excluding steroid dienone is 4. The molecule has 1 saturated heterocycles. The van der Waals surface area contributed by atoms with E-state index in [1.807, 2.05) is 44.3 Å². The van der Waals surface area contributed by atoms with Gasteiger partial charge >= 0.3 is 0 Å². The van der Waals surface area contributed by atoms with Gasteiger partial charge in [0.05, 0.1) is 11.6 Å². The minimum atomic E-state index is 0.484. The highest BCUT2D eigenvalue weighted by atomic mass is 35.5. The Morgan fingerprint density at radius 2 is 1.74 bits per heavy atom. The molecule has 5 heteroatoms. The first-order valence-electron chi connectivity index (χ1n) is 15.4. The number of hydrogen-bond donors (Lipinski definition) is 1. The Morgan fingerprint density at radius 3 is 2.33 bits per heavy atom. The lowest BCUT2D eigenvalue weighted by atomic mass is 9.77. The SMILES string of the molecule is C/C=C(\C)NC(CCC(c1ccc(-c2cccc(C#N)c2)cc1)C1CCN(Cc2ccccc2)CC1)=NC.C/C=C/CCl. The molecule has 4 rings (SSSR count). The number of benzene rings is 3. The van der Waals surface area contributed by atoms with Crippen LogP contribution < -0.4 is 5.32 Å². The summed E-state index contributed by atoms with van der Waals surface area (Å²) in [4.78, 5) is 7.15. The van der Waals surface area contributed by atoms with Gasteiger partial charge in [0.25, 0.3) is 0 Å². The van der Waals surface area contributed by atoms with Gasteiger partial charge in [0.2, 0.25) is 0 Å². The van der Waals surface area contributed by atoms with Gasteiger partial charge in [0.1, 0.15) is 5.84 Å². The number of nitrogens with one attached hydrogen (secondary N) is 1. The first-order chi connectivity index (χ1) is 21.0. The highest BCUT2D eigenvalue weighted by Gasteiger charge is 2.28. The van der Waals surface area contributed by atoms with Gasteiger partial charge < -0.3 is 5.32 Å². The van der Waals surface area contributed by atoms with Crippen molar-refractivity contribution in [2.75, 3.05) is 26.0 Å². The van der Waals surface area contributed by atoms with Gasteiger partial charge in [-0.2, -0.15) is 5.26 Å². The number of hydrogen-bond acceptors (Lipinski definition) is 3. The van der Waals surface area contributed by atoms with Crippen molar-refractivity contribution in [3.05, 3.63) is 119 Å². The molecule has 3 aromatic carbocycles. The molecule has 0 aliphatic carbocycles. The van der Waals surface area contributed by atoms with Crippen molar-refractivity contribution in [2.45, 2.75) is 58.9 Å². The number of alkyl halides is 1. The Labute approximate surface area is 264 Å². The molecular formula is C38H47ClN4. The van der Waals surface area contributed by atoms with Crippen LogP contribution in [0.2, 0.25) is 0 Å². The molecule has 4 nitrogen and oxygen atoms in total. The molecule has 1 aliphatic heterocycles. The van der Waals surface area contributed by atoms with E-state index < -0.39 is 0 Å². The average Bonchev–Trinajstić information content (AvgIpc) is 3.06. The first kappa shape index (κ1) is 33.8. The van der Waals surface area contributed by atoms with E-state index >= 15 is 0 Å². The Kier molecular flexibility index (Phi) is 14.8. The predicted molar refractivity (Wildman–Crippen MR) is 184 cm³/mol. The Balaban J connectivity index is 0.000000934. The molecule has 3 aromatic rings.